The summed E-state index contributed by atoms with van der Waals surface area (Å²) in [5, 5.41) is 24.6. The maximum atomic E-state index is 10.7. The first-order valence-electron chi connectivity index (χ1n) is 16.3. The second-order valence-electron chi connectivity index (χ2n) is 12.3. The Balaban J connectivity index is 1.25. The second-order valence-corrected chi connectivity index (χ2v) is 12.3. The number of nitriles is 2. The standard InChI is InChI=1S/C45H25N5/c1-48-32-21-22-37-38-24-29(27-46)20-23-44(38)50(45(37)26-32)40-16-5-2-12-34(40)31-11-8-10-30(25-31)33-15-9-19-43(39(33)28-47)49-41-17-6-3-13-35(41)36-14-4-7-18-42(36)49/h2-26H. The largest absolute Gasteiger partial charge is 0.310 e. The van der Waals surface area contributed by atoms with Gasteiger partial charge in [-0.05, 0) is 65.7 Å². The molecule has 0 N–H and O–H groups in total. The van der Waals surface area contributed by atoms with Crippen molar-refractivity contribution < 1.29 is 0 Å². The topological polar surface area (TPSA) is 61.8 Å². The van der Waals surface area contributed by atoms with E-state index in [4.69, 9.17) is 6.57 Å². The van der Waals surface area contributed by atoms with Crippen LogP contribution in [0.5, 0.6) is 0 Å². The van der Waals surface area contributed by atoms with E-state index in [0.29, 0.717) is 16.8 Å². The summed E-state index contributed by atoms with van der Waals surface area (Å²) in [6.45, 7) is 7.70. The minimum Gasteiger partial charge on any atom is -0.310 e. The predicted octanol–water partition coefficient (Wildman–Crippen LogP) is 11.5. The van der Waals surface area contributed by atoms with E-state index in [1.165, 1.54) is 0 Å². The average molecular weight is 636 g/mol. The van der Waals surface area contributed by atoms with E-state index >= 15 is 0 Å². The summed E-state index contributed by atoms with van der Waals surface area (Å²) < 4.78 is 4.38. The molecular weight excluding hydrogens is 611 g/mol. The molecule has 0 amide bonds. The maximum Gasteiger partial charge on any atom is 0.189 e. The van der Waals surface area contributed by atoms with Crippen molar-refractivity contribution in [2.45, 2.75) is 0 Å². The average Bonchev–Trinajstić information content (AvgIpc) is 3.69. The van der Waals surface area contributed by atoms with Gasteiger partial charge in [0.1, 0.15) is 6.07 Å². The fourth-order valence-corrected chi connectivity index (χ4v) is 7.44. The molecule has 230 valence electrons. The van der Waals surface area contributed by atoms with Crippen LogP contribution in [0.2, 0.25) is 0 Å². The van der Waals surface area contributed by atoms with Gasteiger partial charge in [-0.15, -0.1) is 0 Å². The molecule has 0 saturated heterocycles. The molecule has 0 radical (unpaired) electrons. The van der Waals surface area contributed by atoms with Gasteiger partial charge in [-0.2, -0.15) is 10.5 Å². The van der Waals surface area contributed by atoms with Gasteiger partial charge in [0.2, 0.25) is 0 Å². The summed E-state index contributed by atoms with van der Waals surface area (Å²) in [7, 11) is 0. The van der Waals surface area contributed by atoms with Crippen LogP contribution in [-0.2, 0) is 0 Å². The second kappa shape index (κ2) is 11.4. The van der Waals surface area contributed by atoms with E-state index in [1.807, 2.05) is 84.9 Å². The first-order valence-corrected chi connectivity index (χ1v) is 16.3. The zero-order valence-electron chi connectivity index (χ0n) is 26.7. The van der Waals surface area contributed by atoms with Crippen LogP contribution >= 0.6 is 0 Å². The Morgan fingerprint density at radius 1 is 0.460 bits per heavy atom. The Morgan fingerprint density at radius 3 is 1.80 bits per heavy atom. The molecule has 50 heavy (non-hydrogen) atoms. The number of para-hydroxylation sites is 3. The highest BCUT2D eigenvalue weighted by atomic mass is 15.0. The van der Waals surface area contributed by atoms with Crippen molar-refractivity contribution in [3.63, 3.8) is 0 Å². The minimum absolute atomic E-state index is 0.550. The van der Waals surface area contributed by atoms with Gasteiger partial charge in [-0.3, -0.25) is 0 Å². The normalized spacial score (nSPS) is 11.1. The lowest BCUT2D eigenvalue weighted by molar-refractivity contribution is 1.17. The number of nitrogens with zero attached hydrogens (tertiary/aromatic N) is 5. The lowest BCUT2D eigenvalue weighted by Gasteiger charge is -2.16. The third-order valence-corrected chi connectivity index (χ3v) is 9.61. The number of fused-ring (bicyclic) bond motifs is 6. The van der Waals surface area contributed by atoms with Crippen molar-refractivity contribution in [1.29, 1.82) is 10.5 Å². The molecule has 2 aromatic heterocycles. The van der Waals surface area contributed by atoms with Gasteiger partial charge in [0, 0.05) is 38.2 Å². The molecule has 0 fully saturated rings. The van der Waals surface area contributed by atoms with Crippen LogP contribution in [0.4, 0.5) is 5.69 Å². The minimum atomic E-state index is 0.550. The Bertz CT molecular complexity index is 2920. The number of rotatable bonds is 4. The molecule has 0 unspecified atom stereocenters. The van der Waals surface area contributed by atoms with Gasteiger partial charge in [0.25, 0.3) is 0 Å². The number of aromatic nitrogens is 2. The van der Waals surface area contributed by atoms with E-state index < -0.39 is 0 Å². The summed E-state index contributed by atoms with van der Waals surface area (Å²) in [4.78, 5) is 3.72. The number of hydrogen-bond acceptors (Lipinski definition) is 2. The van der Waals surface area contributed by atoms with Crippen LogP contribution in [0.15, 0.2) is 152 Å². The van der Waals surface area contributed by atoms with Gasteiger partial charge >= 0.3 is 0 Å². The molecule has 0 atom stereocenters. The van der Waals surface area contributed by atoms with Crippen molar-refractivity contribution >= 4 is 49.3 Å². The SMILES string of the molecule is [C-]#[N+]c1ccc2c3cc(C#N)ccc3n(-c3ccccc3-c3cccc(-c4cccc(-n5c6ccccc6c6ccccc65)c4C#N)c3)c2c1. The molecular formula is C45H25N5. The molecule has 0 aliphatic carbocycles. The summed E-state index contributed by atoms with van der Waals surface area (Å²) in [6, 6.07) is 55.6. The van der Waals surface area contributed by atoms with Crippen LogP contribution in [0.3, 0.4) is 0 Å². The predicted molar refractivity (Wildman–Crippen MR) is 202 cm³/mol. The molecule has 9 aromatic rings. The smallest absolute Gasteiger partial charge is 0.189 e. The Kier molecular flexibility index (Phi) is 6.56. The highest BCUT2D eigenvalue weighted by Crippen LogP contribution is 2.40. The van der Waals surface area contributed by atoms with E-state index in [2.05, 4.69) is 92.8 Å². The Morgan fingerprint density at radius 2 is 1.06 bits per heavy atom. The maximum absolute atomic E-state index is 10.7. The van der Waals surface area contributed by atoms with Gasteiger partial charge in [0.05, 0.1) is 51.7 Å². The highest BCUT2D eigenvalue weighted by Gasteiger charge is 2.19. The zero-order valence-corrected chi connectivity index (χ0v) is 26.7. The molecule has 9 rings (SSSR count). The monoisotopic (exact) mass is 635 g/mol. The third-order valence-electron chi connectivity index (χ3n) is 9.61. The van der Waals surface area contributed by atoms with Crippen LogP contribution in [0.25, 0.3) is 82.1 Å². The van der Waals surface area contributed by atoms with Crippen LogP contribution in [0, 0.1) is 29.2 Å². The lowest BCUT2D eigenvalue weighted by atomic mass is 9.94. The van der Waals surface area contributed by atoms with Crippen LogP contribution in [-0.4, -0.2) is 9.13 Å². The van der Waals surface area contributed by atoms with Crippen molar-refractivity contribution in [2.75, 3.05) is 0 Å². The lowest BCUT2D eigenvalue weighted by Crippen LogP contribution is -2.00. The molecule has 0 aliphatic heterocycles. The van der Waals surface area contributed by atoms with E-state index in [0.717, 1.165) is 77.2 Å². The van der Waals surface area contributed by atoms with Crippen LogP contribution in [0.1, 0.15) is 11.1 Å². The van der Waals surface area contributed by atoms with Crippen LogP contribution < -0.4 is 0 Å². The van der Waals surface area contributed by atoms with Crippen molar-refractivity contribution in [2.24, 2.45) is 0 Å². The molecule has 5 nitrogen and oxygen atoms in total. The van der Waals surface area contributed by atoms with Gasteiger partial charge in [-0.1, -0.05) is 97.1 Å². The third kappa shape index (κ3) is 4.31. The summed E-state index contributed by atoms with van der Waals surface area (Å²) in [5.74, 6) is 0. The Hall–Kier alpha value is -7.39. The van der Waals surface area contributed by atoms with Crippen molar-refractivity contribution in [3.05, 3.63) is 174 Å². The van der Waals surface area contributed by atoms with Gasteiger partial charge < -0.3 is 9.13 Å². The van der Waals surface area contributed by atoms with Gasteiger partial charge in [0.15, 0.2) is 5.69 Å². The molecule has 2 heterocycles. The molecule has 0 saturated carbocycles. The summed E-state index contributed by atoms with van der Waals surface area (Å²) in [6.07, 6.45) is 0. The molecule has 0 spiro atoms. The van der Waals surface area contributed by atoms with E-state index in [9.17, 15) is 10.5 Å². The fourth-order valence-electron chi connectivity index (χ4n) is 7.44. The quantitative estimate of drug-likeness (QED) is 0.181. The Labute approximate surface area is 288 Å². The summed E-state index contributed by atoms with van der Waals surface area (Å²) >= 11 is 0. The zero-order chi connectivity index (χ0) is 33.8. The van der Waals surface area contributed by atoms with E-state index in [1.54, 1.807) is 0 Å². The first kappa shape index (κ1) is 28.8. The summed E-state index contributed by atoms with van der Waals surface area (Å²) in [5.41, 5.74) is 11.3. The fraction of sp³-hybridized carbons (Fsp3) is 0. The molecule has 0 bridgehead atoms. The number of benzene rings is 7. The molecule has 7 aromatic carbocycles. The molecule has 5 heteroatoms. The van der Waals surface area contributed by atoms with Crippen molar-refractivity contribution in [3.8, 4) is 45.8 Å². The highest BCUT2D eigenvalue weighted by molar-refractivity contribution is 6.11. The first-order chi connectivity index (χ1) is 24.7. The van der Waals surface area contributed by atoms with Gasteiger partial charge in [-0.25, -0.2) is 4.85 Å². The van der Waals surface area contributed by atoms with Crippen molar-refractivity contribution in [1.82, 2.24) is 9.13 Å². The number of hydrogen-bond donors (Lipinski definition) is 0. The molecule has 0 aliphatic rings. The van der Waals surface area contributed by atoms with E-state index in [-0.39, 0.29) is 0 Å².